The van der Waals surface area contributed by atoms with Crippen LogP contribution in [0, 0.1) is 5.92 Å². The Morgan fingerprint density at radius 1 is 1.04 bits per heavy atom. The number of anilines is 1. The number of rotatable bonds is 5. The predicted molar refractivity (Wildman–Crippen MR) is 105 cm³/mol. The summed E-state index contributed by atoms with van der Waals surface area (Å²) in [5, 5.41) is 0. The van der Waals surface area contributed by atoms with Crippen LogP contribution in [0.25, 0.3) is 0 Å². The van der Waals surface area contributed by atoms with E-state index in [1.807, 2.05) is 29.2 Å². The molecule has 26 heavy (non-hydrogen) atoms. The molecule has 0 spiro atoms. The second-order valence-electron chi connectivity index (χ2n) is 7.77. The van der Waals surface area contributed by atoms with Crippen LogP contribution in [0.2, 0.25) is 0 Å². The van der Waals surface area contributed by atoms with Gasteiger partial charge in [-0.25, -0.2) is 0 Å². The van der Waals surface area contributed by atoms with Crippen molar-refractivity contribution in [2.45, 2.75) is 33.1 Å². The van der Waals surface area contributed by atoms with E-state index in [1.54, 1.807) is 6.92 Å². The third-order valence-corrected chi connectivity index (χ3v) is 5.65. The van der Waals surface area contributed by atoms with Gasteiger partial charge < -0.3 is 14.7 Å². The van der Waals surface area contributed by atoms with Gasteiger partial charge in [-0.1, -0.05) is 6.92 Å². The van der Waals surface area contributed by atoms with Gasteiger partial charge in [0.1, 0.15) is 0 Å². The predicted octanol–water partition coefficient (Wildman–Crippen LogP) is 2.66. The summed E-state index contributed by atoms with van der Waals surface area (Å²) in [6.45, 7) is 10.3. The summed E-state index contributed by atoms with van der Waals surface area (Å²) in [4.78, 5) is 30.7. The fourth-order valence-electron chi connectivity index (χ4n) is 4.02. The fraction of sp³-hybridized carbons (Fsp3) is 0.619. The van der Waals surface area contributed by atoms with Crippen LogP contribution in [0.1, 0.15) is 43.5 Å². The number of amides is 1. The Kier molecular flexibility index (Phi) is 6.30. The average Bonchev–Trinajstić information content (AvgIpc) is 2.66. The number of likely N-dealkylation sites (tertiary alicyclic amines) is 1. The average molecular weight is 357 g/mol. The van der Waals surface area contributed by atoms with E-state index in [2.05, 4.69) is 16.7 Å². The minimum Gasteiger partial charge on any atom is -0.368 e. The summed E-state index contributed by atoms with van der Waals surface area (Å²) in [5.41, 5.74) is 1.87. The maximum atomic E-state index is 12.5. The van der Waals surface area contributed by atoms with Crippen LogP contribution < -0.4 is 4.90 Å². The highest BCUT2D eigenvalue weighted by Crippen LogP contribution is 2.19. The molecule has 0 unspecified atom stereocenters. The second kappa shape index (κ2) is 8.67. The highest BCUT2D eigenvalue weighted by Gasteiger charge is 2.23. The Bertz CT molecular complexity index is 621. The molecular weight excluding hydrogens is 326 g/mol. The maximum absolute atomic E-state index is 12.5. The third-order valence-electron chi connectivity index (χ3n) is 5.65. The molecular formula is C21H31N3O2. The van der Waals surface area contributed by atoms with Crippen molar-refractivity contribution in [1.82, 2.24) is 9.80 Å². The van der Waals surface area contributed by atoms with E-state index in [1.165, 1.54) is 12.8 Å². The zero-order valence-corrected chi connectivity index (χ0v) is 16.1. The Morgan fingerprint density at radius 3 is 2.35 bits per heavy atom. The van der Waals surface area contributed by atoms with E-state index in [4.69, 9.17) is 0 Å². The summed E-state index contributed by atoms with van der Waals surface area (Å²) in [6.07, 6.45) is 3.22. The normalized spacial score (nSPS) is 21.7. The van der Waals surface area contributed by atoms with Crippen molar-refractivity contribution in [3.8, 4) is 0 Å². The quantitative estimate of drug-likeness (QED) is 0.760. The summed E-state index contributed by atoms with van der Waals surface area (Å²) in [6, 6.07) is 7.78. The van der Waals surface area contributed by atoms with Gasteiger partial charge >= 0.3 is 0 Å². The SMILES string of the molecule is CC(=O)c1ccc(N2CCN(C(=O)CCN3CCC[C@@H](C)C3)CC2)cc1. The molecule has 0 bridgehead atoms. The Hall–Kier alpha value is -1.88. The van der Waals surface area contributed by atoms with Crippen molar-refractivity contribution >= 4 is 17.4 Å². The van der Waals surface area contributed by atoms with Crippen molar-refractivity contribution in [3.63, 3.8) is 0 Å². The number of piperazine rings is 1. The number of hydrogen-bond donors (Lipinski definition) is 0. The first-order valence-corrected chi connectivity index (χ1v) is 9.89. The molecule has 142 valence electrons. The molecule has 1 amide bonds. The van der Waals surface area contributed by atoms with Crippen molar-refractivity contribution in [2.75, 3.05) is 50.7 Å². The van der Waals surface area contributed by atoms with Gasteiger partial charge in [0, 0.05) is 56.9 Å². The van der Waals surface area contributed by atoms with E-state index in [-0.39, 0.29) is 11.7 Å². The lowest BCUT2D eigenvalue weighted by molar-refractivity contribution is -0.131. The molecule has 1 atom stereocenters. The highest BCUT2D eigenvalue weighted by atomic mass is 16.2. The van der Waals surface area contributed by atoms with Crippen molar-refractivity contribution in [1.29, 1.82) is 0 Å². The van der Waals surface area contributed by atoms with Crippen LogP contribution in [0.15, 0.2) is 24.3 Å². The molecule has 5 heteroatoms. The molecule has 2 fully saturated rings. The molecule has 1 aromatic rings. The van der Waals surface area contributed by atoms with Crippen molar-refractivity contribution in [3.05, 3.63) is 29.8 Å². The van der Waals surface area contributed by atoms with E-state index in [0.717, 1.165) is 63.0 Å². The molecule has 0 saturated carbocycles. The summed E-state index contributed by atoms with van der Waals surface area (Å²) in [5.74, 6) is 1.14. The zero-order chi connectivity index (χ0) is 18.5. The number of benzene rings is 1. The molecule has 3 rings (SSSR count). The fourth-order valence-corrected chi connectivity index (χ4v) is 4.02. The minimum absolute atomic E-state index is 0.0927. The molecule has 2 aliphatic rings. The van der Waals surface area contributed by atoms with Crippen LogP contribution in [-0.4, -0.2) is 67.3 Å². The summed E-state index contributed by atoms with van der Waals surface area (Å²) < 4.78 is 0. The first-order valence-electron chi connectivity index (χ1n) is 9.89. The number of carbonyl (C=O) groups is 2. The van der Waals surface area contributed by atoms with Gasteiger partial charge in [0.25, 0.3) is 0 Å². The molecule has 0 N–H and O–H groups in total. The molecule has 0 radical (unpaired) electrons. The minimum atomic E-state index is 0.0927. The van der Waals surface area contributed by atoms with Crippen LogP contribution in [0.5, 0.6) is 0 Å². The lowest BCUT2D eigenvalue weighted by atomic mass is 10.0. The molecule has 1 aromatic carbocycles. The number of hydrogen-bond acceptors (Lipinski definition) is 4. The summed E-state index contributed by atoms with van der Waals surface area (Å²) in [7, 11) is 0. The topological polar surface area (TPSA) is 43.9 Å². The van der Waals surface area contributed by atoms with Crippen LogP contribution in [-0.2, 0) is 4.79 Å². The number of piperidine rings is 1. The lowest BCUT2D eigenvalue weighted by Gasteiger charge is -2.37. The monoisotopic (exact) mass is 357 g/mol. The van der Waals surface area contributed by atoms with Gasteiger partial charge in [0.2, 0.25) is 5.91 Å². The largest absolute Gasteiger partial charge is 0.368 e. The van der Waals surface area contributed by atoms with Crippen LogP contribution >= 0.6 is 0 Å². The van der Waals surface area contributed by atoms with Gasteiger partial charge in [-0.05, 0) is 56.5 Å². The first-order chi connectivity index (χ1) is 12.5. The molecule has 5 nitrogen and oxygen atoms in total. The molecule has 2 aliphatic heterocycles. The number of carbonyl (C=O) groups excluding carboxylic acids is 2. The van der Waals surface area contributed by atoms with Crippen molar-refractivity contribution < 1.29 is 9.59 Å². The van der Waals surface area contributed by atoms with E-state index in [9.17, 15) is 9.59 Å². The van der Waals surface area contributed by atoms with E-state index < -0.39 is 0 Å². The molecule has 2 saturated heterocycles. The first kappa shape index (κ1) is 18.9. The van der Waals surface area contributed by atoms with Gasteiger partial charge in [-0.2, -0.15) is 0 Å². The van der Waals surface area contributed by atoms with Gasteiger partial charge in [-0.15, -0.1) is 0 Å². The van der Waals surface area contributed by atoms with Crippen molar-refractivity contribution in [2.24, 2.45) is 5.92 Å². The standard InChI is InChI=1S/C21H31N3O2/c1-17-4-3-10-22(16-17)11-9-21(26)24-14-12-23(13-15-24)20-7-5-19(6-8-20)18(2)25/h5-8,17H,3-4,9-16H2,1-2H3/t17-/m1/s1. The molecule has 2 heterocycles. The van der Waals surface area contributed by atoms with Gasteiger partial charge in [0.05, 0.1) is 0 Å². The smallest absolute Gasteiger partial charge is 0.223 e. The Balaban J connectivity index is 1.44. The molecule has 0 aliphatic carbocycles. The third kappa shape index (κ3) is 4.85. The Labute approximate surface area is 156 Å². The number of ketones is 1. The molecule has 0 aromatic heterocycles. The lowest BCUT2D eigenvalue weighted by Crippen LogP contribution is -2.49. The van der Waals surface area contributed by atoms with E-state index in [0.29, 0.717) is 6.42 Å². The summed E-state index contributed by atoms with van der Waals surface area (Å²) >= 11 is 0. The second-order valence-corrected chi connectivity index (χ2v) is 7.77. The van der Waals surface area contributed by atoms with Gasteiger partial charge in [0.15, 0.2) is 5.78 Å². The number of Topliss-reactive ketones (excluding diaryl/α,β-unsaturated/α-hetero) is 1. The van der Waals surface area contributed by atoms with Gasteiger partial charge in [-0.3, -0.25) is 9.59 Å². The van der Waals surface area contributed by atoms with Crippen LogP contribution in [0.4, 0.5) is 5.69 Å². The number of nitrogens with zero attached hydrogens (tertiary/aromatic N) is 3. The highest BCUT2D eigenvalue weighted by molar-refractivity contribution is 5.94. The zero-order valence-electron chi connectivity index (χ0n) is 16.1. The van der Waals surface area contributed by atoms with Crippen LogP contribution in [0.3, 0.4) is 0 Å². The van der Waals surface area contributed by atoms with E-state index >= 15 is 0 Å². The Morgan fingerprint density at radius 2 is 1.73 bits per heavy atom. The maximum Gasteiger partial charge on any atom is 0.223 e.